The van der Waals surface area contributed by atoms with E-state index in [-0.39, 0.29) is 11.9 Å². The number of benzene rings is 1. The summed E-state index contributed by atoms with van der Waals surface area (Å²) in [6, 6.07) is 7.43. The molecule has 0 fully saturated rings. The van der Waals surface area contributed by atoms with Crippen LogP contribution in [0.15, 0.2) is 30.6 Å². The molecule has 0 unspecified atom stereocenters. The fraction of sp³-hybridized carbons (Fsp3) is 0.308. The summed E-state index contributed by atoms with van der Waals surface area (Å²) in [4.78, 5) is 4.17. The number of nitrogens with one attached hydrogen (secondary N) is 1. The van der Waals surface area contributed by atoms with Gasteiger partial charge < -0.3 is 10.5 Å². The lowest BCUT2D eigenvalue weighted by Crippen LogP contribution is -2.14. The van der Waals surface area contributed by atoms with Crippen molar-refractivity contribution in [2.75, 3.05) is 0 Å². The highest BCUT2D eigenvalue weighted by atomic mass is 16.5. The minimum atomic E-state index is -0.0130. The first-order valence-corrected chi connectivity index (χ1v) is 6.04. The molecule has 2 aromatic rings. The molecule has 0 aliphatic carbocycles. The Morgan fingerprint density at radius 2 is 2.16 bits per heavy atom. The first-order chi connectivity index (χ1) is 9.09. The topological polar surface area (TPSA) is 89.8 Å². The van der Waals surface area contributed by atoms with Gasteiger partial charge in [-0.3, -0.25) is 5.41 Å². The fourth-order valence-electron chi connectivity index (χ4n) is 1.77. The normalized spacial score (nSPS) is 10.7. The molecule has 0 saturated heterocycles. The Kier molecular flexibility index (Phi) is 3.79. The molecule has 0 saturated carbocycles. The van der Waals surface area contributed by atoms with Gasteiger partial charge in [0.05, 0.1) is 5.56 Å². The van der Waals surface area contributed by atoms with E-state index in [0.717, 1.165) is 5.82 Å². The molecular weight excluding hydrogens is 242 g/mol. The van der Waals surface area contributed by atoms with E-state index in [1.54, 1.807) is 16.8 Å². The largest absolute Gasteiger partial charge is 0.485 e. The van der Waals surface area contributed by atoms with Crippen LogP contribution in [0.5, 0.6) is 5.75 Å². The van der Waals surface area contributed by atoms with Crippen molar-refractivity contribution in [1.82, 2.24) is 14.8 Å². The molecular formula is C13H17N5O. The summed E-state index contributed by atoms with van der Waals surface area (Å²) in [7, 11) is 0. The number of amidine groups is 1. The fourth-order valence-corrected chi connectivity index (χ4v) is 1.77. The van der Waals surface area contributed by atoms with Gasteiger partial charge in [-0.25, -0.2) is 9.67 Å². The van der Waals surface area contributed by atoms with Gasteiger partial charge in [-0.05, 0) is 26.0 Å². The van der Waals surface area contributed by atoms with Crippen LogP contribution in [0.3, 0.4) is 0 Å². The summed E-state index contributed by atoms with van der Waals surface area (Å²) in [6.07, 6.45) is 1.51. The first-order valence-electron chi connectivity index (χ1n) is 6.04. The molecule has 6 nitrogen and oxygen atoms in total. The van der Waals surface area contributed by atoms with Crippen molar-refractivity contribution in [2.24, 2.45) is 5.73 Å². The van der Waals surface area contributed by atoms with Crippen molar-refractivity contribution in [3.05, 3.63) is 42.0 Å². The minimum absolute atomic E-state index is 0.0130. The van der Waals surface area contributed by atoms with Crippen LogP contribution in [0, 0.1) is 5.41 Å². The lowest BCUT2D eigenvalue weighted by Gasteiger charge is -2.12. The summed E-state index contributed by atoms with van der Waals surface area (Å²) in [5.41, 5.74) is 6.09. The number of aromatic nitrogens is 3. The summed E-state index contributed by atoms with van der Waals surface area (Å²) < 4.78 is 7.49. The average Bonchev–Trinajstić information content (AvgIpc) is 2.85. The summed E-state index contributed by atoms with van der Waals surface area (Å²) in [5.74, 6) is 1.31. The average molecular weight is 259 g/mol. The predicted octanol–water partition coefficient (Wildman–Crippen LogP) is 1.72. The number of ether oxygens (including phenoxy) is 1. The zero-order valence-electron chi connectivity index (χ0n) is 11.0. The number of nitrogens with zero attached hydrogens (tertiary/aromatic N) is 3. The minimum Gasteiger partial charge on any atom is -0.485 e. The van der Waals surface area contributed by atoms with E-state index >= 15 is 0 Å². The van der Waals surface area contributed by atoms with Crippen LogP contribution in [-0.2, 0) is 6.61 Å². The molecule has 19 heavy (non-hydrogen) atoms. The molecule has 100 valence electrons. The molecule has 0 atom stereocenters. The maximum Gasteiger partial charge on any atom is 0.165 e. The number of hydrogen-bond donors (Lipinski definition) is 2. The second-order valence-corrected chi connectivity index (χ2v) is 4.41. The number of hydrogen-bond acceptors (Lipinski definition) is 4. The van der Waals surface area contributed by atoms with Crippen LogP contribution in [0.1, 0.15) is 31.3 Å². The lowest BCUT2D eigenvalue weighted by atomic mass is 10.2. The maximum absolute atomic E-state index is 7.50. The summed E-state index contributed by atoms with van der Waals surface area (Å²) in [6.45, 7) is 4.35. The smallest absolute Gasteiger partial charge is 0.165 e. The third kappa shape index (κ3) is 2.90. The van der Waals surface area contributed by atoms with Gasteiger partial charge in [0.15, 0.2) is 5.82 Å². The second-order valence-electron chi connectivity index (χ2n) is 4.41. The molecule has 1 aromatic heterocycles. The highest BCUT2D eigenvalue weighted by Gasteiger charge is 2.10. The van der Waals surface area contributed by atoms with Crippen LogP contribution in [0.4, 0.5) is 0 Å². The van der Waals surface area contributed by atoms with Crippen molar-refractivity contribution in [2.45, 2.75) is 26.5 Å². The third-order valence-electron chi connectivity index (χ3n) is 2.67. The van der Waals surface area contributed by atoms with Gasteiger partial charge in [0.1, 0.15) is 24.5 Å². The monoisotopic (exact) mass is 259 g/mol. The molecule has 0 aliphatic rings. The summed E-state index contributed by atoms with van der Waals surface area (Å²) in [5, 5.41) is 11.6. The second kappa shape index (κ2) is 5.51. The number of nitrogens with two attached hydrogens (primary N) is 1. The molecule has 0 aliphatic heterocycles. The molecule has 0 amide bonds. The van der Waals surface area contributed by atoms with Gasteiger partial charge in [-0.1, -0.05) is 12.1 Å². The van der Waals surface area contributed by atoms with Crippen molar-refractivity contribution >= 4 is 5.84 Å². The molecule has 1 aromatic carbocycles. The molecule has 2 rings (SSSR count). The van der Waals surface area contributed by atoms with Gasteiger partial charge >= 0.3 is 0 Å². The van der Waals surface area contributed by atoms with Gasteiger partial charge in [0.2, 0.25) is 0 Å². The Bertz CT molecular complexity index is 576. The molecule has 0 bridgehead atoms. The van der Waals surface area contributed by atoms with Crippen LogP contribution in [0.25, 0.3) is 0 Å². The Morgan fingerprint density at radius 1 is 1.42 bits per heavy atom. The zero-order chi connectivity index (χ0) is 13.8. The standard InChI is InChI=1S/C13H17N5O/c1-9(2)18-12(16-8-17-18)7-19-11-6-4-3-5-10(11)13(14)15/h3-6,8-9H,7H2,1-2H3,(H3,14,15). The van der Waals surface area contributed by atoms with Crippen molar-refractivity contribution in [1.29, 1.82) is 5.41 Å². The van der Waals surface area contributed by atoms with Gasteiger partial charge in [-0.15, -0.1) is 0 Å². The lowest BCUT2D eigenvalue weighted by molar-refractivity contribution is 0.282. The molecule has 1 heterocycles. The maximum atomic E-state index is 7.50. The van der Waals surface area contributed by atoms with Gasteiger partial charge in [0, 0.05) is 6.04 Å². The molecule has 3 N–H and O–H groups in total. The third-order valence-corrected chi connectivity index (χ3v) is 2.67. The van der Waals surface area contributed by atoms with Crippen LogP contribution >= 0.6 is 0 Å². The molecule has 0 radical (unpaired) electrons. The van der Waals surface area contributed by atoms with E-state index in [9.17, 15) is 0 Å². The van der Waals surface area contributed by atoms with E-state index in [0.29, 0.717) is 17.9 Å². The number of rotatable bonds is 5. The zero-order valence-corrected chi connectivity index (χ0v) is 11.0. The van der Waals surface area contributed by atoms with Crippen molar-refractivity contribution in [3.63, 3.8) is 0 Å². The Morgan fingerprint density at radius 3 is 2.84 bits per heavy atom. The van der Waals surface area contributed by atoms with Gasteiger partial charge in [0.25, 0.3) is 0 Å². The Balaban J connectivity index is 2.15. The Hall–Kier alpha value is -2.37. The SMILES string of the molecule is CC(C)n1ncnc1COc1ccccc1C(=N)N. The summed E-state index contributed by atoms with van der Waals surface area (Å²) >= 11 is 0. The highest BCUT2D eigenvalue weighted by molar-refractivity contribution is 5.97. The van der Waals surface area contributed by atoms with Crippen molar-refractivity contribution in [3.8, 4) is 5.75 Å². The van der Waals surface area contributed by atoms with Crippen LogP contribution in [-0.4, -0.2) is 20.6 Å². The Labute approximate surface area is 111 Å². The van der Waals surface area contributed by atoms with Crippen LogP contribution in [0.2, 0.25) is 0 Å². The van der Waals surface area contributed by atoms with Crippen molar-refractivity contribution < 1.29 is 4.74 Å². The van der Waals surface area contributed by atoms with E-state index in [1.807, 2.05) is 26.0 Å². The predicted molar refractivity (Wildman–Crippen MR) is 72.2 cm³/mol. The van der Waals surface area contributed by atoms with Gasteiger partial charge in [-0.2, -0.15) is 5.10 Å². The van der Waals surface area contributed by atoms with E-state index < -0.39 is 0 Å². The first kappa shape index (κ1) is 13.1. The highest BCUT2D eigenvalue weighted by Crippen LogP contribution is 2.18. The molecule has 6 heteroatoms. The molecule has 0 spiro atoms. The van der Waals surface area contributed by atoms with E-state index in [2.05, 4.69) is 10.1 Å². The van der Waals surface area contributed by atoms with Crippen LogP contribution < -0.4 is 10.5 Å². The van der Waals surface area contributed by atoms with E-state index in [4.69, 9.17) is 15.9 Å². The van der Waals surface area contributed by atoms with E-state index in [1.165, 1.54) is 6.33 Å². The number of para-hydroxylation sites is 1. The quantitative estimate of drug-likeness (QED) is 0.632. The number of nitrogen functional groups attached to an aromatic ring is 1.